The highest BCUT2D eigenvalue weighted by Crippen LogP contribution is 2.47. The molecule has 1 spiro atoms. The second-order valence-corrected chi connectivity index (χ2v) is 11.2. The van der Waals surface area contributed by atoms with Gasteiger partial charge in [-0.25, -0.2) is 9.78 Å². The van der Waals surface area contributed by atoms with Crippen molar-refractivity contribution in [3.05, 3.63) is 40.0 Å². The molecule has 0 radical (unpaired) electrons. The number of halogens is 1. The van der Waals surface area contributed by atoms with Gasteiger partial charge in [0.1, 0.15) is 5.01 Å². The third kappa shape index (κ3) is 5.18. The predicted molar refractivity (Wildman–Crippen MR) is 132 cm³/mol. The summed E-state index contributed by atoms with van der Waals surface area (Å²) in [6.45, 7) is 3.70. The molecule has 182 valence electrons. The zero-order valence-corrected chi connectivity index (χ0v) is 21.4. The number of likely N-dealkylation sites (tertiary alicyclic amines) is 1. The molecule has 1 aromatic heterocycles. The molecule has 2 amide bonds. The highest BCUT2D eigenvalue weighted by molar-refractivity contribution is 8.01. The maximum Gasteiger partial charge on any atom is 0.409 e. The zero-order valence-electron chi connectivity index (χ0n) is 19.0. The summed E-state index contributed by atoms with van der Waals surface area (Å²) in [7, 11) is 1.38. The van der Waals surface area contributed by atoms with Crippen LogP contribution in [0.1, 0.15) is 30.3 Å². The molecule has 4 rings (SSSR count). The first kappa shape index (κ1) is 24.8. The first-order chi connectivity index (χ1) is 16.3. The van der Waals surface area contributed by atoms with E-state index in [0.717, 1.165) is 26.9 Å². The molecule has 8 nitrogen and oxygen atoms in total. The minimum Gasteiger partial charge on any atom is -0.466 e. The number of ether oxygens (including phenoxy) is 2. The van der Waals surface area contributed by atoms with Crippen molar-refractivity contribution in [1.29, 1.82) is 0 Å². The van der Waals surface area contributed by atoms with Crippen LogP contribution >= 0.6 is 34.7 Å². The lowest BCUT2D eigenvalue weighted by Gasteiger charge is -2.25. The van der Waals surface area contributed by atoms with Crippen LogP contribution in [0.25, 0.3) is 0 Å². The van der Waals surface area contributed by atoms with Crippen molar-refractivity contribution in [3.8, 4) is 0 Å². The minimum absolute atomic E-state index is 0.0469. The van der Waals surface area contributed by atoms with Gasteiger partial charge in [0.15, 0.2) is 0 Å². The third-order valence-corrected chi connectivity index (χ3v) is 8.49. The summed E-state index contributed by atoms with van der Waals surface area (Å²) in [4.78, 5) is 44.8. The Hall–Kier alpha value is -2.30. The Bertz CT molecular complexity index is 1090. The van der Waals surface area contributed by atoms with Crippen LogP contribution in [0.2, 0.25) is 5.02 Å². The number of carbonyl (C=O) groups is 3. The van der Waals surface area contributed by atoms with Gasteiger partial charge < -0.3 is 19.3 Å². The maximum absolute atomic E-state index is 13.3. The molecule has 2 aliphatic rings. The van der Waals surface area contributed by atoms with Crippen LogP contribution in [0.15, 0.2) is 28.6 Å². The van der Waals surface area contributed by atoms with Crippen LogP contribution in [-0.4, -0.2) is 67.0 Å². The number of esters is 1. The van der Waals surface area contributed by atoms with Gasteiger partial charge in [0.25, 0.3) is 0 Å². The van der Waals surface area contributed by atoms with Gasteiger partial charge >= 0.3 is 12.1 Å². The number of nitrogens with zero attached hydrogens (tertiary/aromatic N) is 3. The van der Waals surface area contributed by atoms with E-state index in [-0.39, 0.29) is 29.8 Å². The van der Waals surface area contributed by atoms with Crippen molar-refractivity contribution in [2.45, 2.75) is 35.8 Å². The van der Waals surface area contributed by atoms with Gasteiger partial charge in [-0.05, 0) is 37.1 Å². The van der Waals surface area contributed by atoms with Crippen LogP contribution in [0.4, 0.5) is 10.5 Å². The number of carbonyl (C=O) groups excluding carboxylic acids is 3. The van der Waals surface area contributed by atoms with Crippen LogP contribution in [-0.2, 0) is 30.9 Å². The summed E-state index contributed by atoms with van der Waals surface area (Å²) in [6.07, 6.45) is 2.64. The summed E-state index contributed by atoms with van der Waals surface area (Å²) in [6, 6.07) is 5.57. The fourth-order valence-corrected chi connectivity index (χ4v) is 6.69. The van der Waals surface area contributed by atoms with Crippen LogP contribution in [0.5, 0.6) is 0 Å². The van der Waals surface area contributed by atoms with Gasteiger partial charge in [-0.15, -0.1) is 23.1 Å². The number of benzene rings is 1. The number of hydrogen-bond donors (Lipinski definition) is 0. The van der Waals surface area contributed by atoms with Gasteiger partial charge in [-0.2, -0.15) is 0 Å². The summed E-state index contributed by atoms with van der Waals surface area (Å²) >= 11 is 9.29. The van der Waals surface area contributed by atoms with E-state index in [2.05, 4.69) is 4.98 Å². The van der Waals surface area contributed by atoms with Crippen LogP contribution < -0.4 is 4.90 Å². The van der Waals surface area contributed by atoms with Crippen molar-refractivity contribution < 1.29 is 23.9 Å². The maximum atomic E-state index is 13.3. The average molecular weight is 524 g/mol. The number of anilines is 1. The fraction of sp³-hybridized carbons (Fsp3) is 0.478. The van der Waals surface area contributed by atoms with Gasteiger partial charge in [0.2, 0.25) is 5.91 Å². The van der Waals surface area contributed by atoms with Crippen molar-refractivity contribution in [1.82, 2.24) is 9.88 Å². The first-order valence-corrected chi connectivity index (χ1v) is 13.2. The molecule has 3 heterocycles. The Kier molecular flexibility index (Phi) is 7.69. The highest BCUT2D eigenvalue weighted by Gasteiger charge is 2.50. The lowest BCUT2D eigenvalue weighted by molar-refractivity contribution is -0.142. The van der Waals surface area contributed by atoms with E-state index in [0.29, 0.717) is 43.4 Å². The number of thioether (sulfide) groups is 1. The second-order valence-electron chi connectivity index (χ2n) is 8.22. The van der Waals surface area contributed by atoms with Gasteiger partial charge in [0, 0.05) is 41.5 Å². The van der Waals surface area contributed by atoms with E-state index < -0.39 is 0 Å². The van der Waals surface area contributed by atoms with E-state index >= 15 is 0 Å². The number of hydrogen-bond acceptors (Lipinski definition) is 8. The molecular weight excluding hydrogens is 498 g/mol. The molecule has 0 bridgehead atoms. The molecule has 0 unspecified atom stereocenters. The van der Waals surface area contributed by atoms with Crippen LogP contribution in [0.3, 0.4) is 0 Å². The van der Waals surface area contributed by atoms with E-state index in [9.17, 15) is 14.4 Å². The van der Waals surface area contributed by atoms with Gasteiger partial charge in [-0.1, -0.05) is 11.6 Å². The van der Waals surface area contributed by atoms with Crippen molar-refractivity contribution in [2.75, 3.05) is 44.0 Å². The number of amides is 2. The van der Waals surface area contributed by atoms with E-state index in [4.69, 9.17) is 21.1 Å². The normalized spacial score (nSPS) is 18.9. The first-order valence-electron chi connectivity index (χ1n) is 11.0. The number of aromatic nitrogens is 1. The van der Waals surface area contributed by atoms with E-state index in [1.165, 1.54) is 30.2 Å². The number of methoxy groups -OCH3 is 1. The molecular formula is C23H26ClN3O5S2. The molecule has 0 N–H and O–H groups in total. The monoisotopic (exact) mass is 523 g/mol. The summed E-state index contributed by atoms with van der Waals surface area (Å²) < 4.78 is 10.8. The standard InChI is InChI=1S/C23H26ClN3O5S2/c1-3-32-20(29)6-9-33-21-12-25-18(34-21)11-19(28)27-14-23(7-8-26(13-23)22(30)31-2)16-10-15(24)4-5-17(16)27/h4-5,10,12H,3,6-9,11,13-14H2,1-2H3/t23-/m1/s1. The van der Waals surface area contributed by atoms with Crippen molar-refractivity contribution in [2.24, 2.45) is 0 Å². The Labute approximate surface area is 211 Å². The lowest BCUT2D eigenvalue weighted by Crippen LogP contribution is -2.40. The summed E-state index contributed by atoms with van der Waals surface area (Å²) in [5.74, 6) is 0.345. The zero-order chi connectivity index (χ0) is 24.3. The summed E-state index contributed by atoms with van der Waals surface area (Å²) in [5.41, 5.74) is 1.47. The number of rotatable bonds is 7. The Morgan fingerprint density at radius 1 is 1.29 bits per heavy atom. The fourth-order valence-electron chi connectivity index (χ4n) is 4.51. The van der Waals surface area contributed by atoms with E-state index in [1.54, 1.807) is 29.0 Å². The Morgan fingerprint density at radius 3 is 2.88 bits per heavy atom. The molecule has 11 heteroatoms. The lowest BCUT2D eigenvalue weighted by atomic mass is 9.81. The molecule has 1 atom stereocenters. The quantitative estimate of drug-likeness (QED) is 0.398. The molecule has 1 aromatic carbocycles. The average Bonchev–Trinajstić information content (AvgIpc) is 3.52. The van der Waals surface area contributed by atoms with Crippen LogP contribution in [0, 0.1) is 0 Å². The highest BCUT2D eigenvalue weighted by atomic mass is 35.5. The smallest absolute Gasteiger partial charge is 0.409 e. The molecule has 1 saturated heterocycles. The molecule has 34 heavy (non-hydrogen) atoms. The predicted octanol–water partition coefficient (Wildman–Crippen LogP) is 4.14. The van der Waals surface area contributed by atoms with Crippen molar-refractivity contribution >= 4 is 58.4 Å². The van der Waals surface area contributed by atoms with Crippen molar-refractivity contribution in [3.63, 3.8) is 0 Å². The molecule has 2 aromatic rings. The minimum atomic E-state index is -0.360. The number of fused-ring (bicyclic) bond motifs is 2. The second kappa shape index (κ2) is 10.5. The molecule has 2 aliphatic heterocycles. The molecule has 0 aliphatic carbocycles. The summed E-state index contributed by atoms with van der Waals surface area (Å²) in [5, 5.41) is 1.33. The Balaban J connectivity index is 1.44. The molecule has 1 fully saturated rings. The topological polar surface area (TPSA) is 89.0 Å². The van der Waals surface area contributed by atoms with Gasteiger partial charge in [-0.3, -0.25) is 9.59 Å². The number of thiazole rings is 1. The largest absolute Gasteiger partial charge is 0.466 e. The van der Waals surface area contributed by atoms with E-state index in [1.807, 2.05) is 12.1 Å². The third-order valence-electron chi connectivity index (χ3n) is 6.06. The SMILES string of the molecule is CCOC(=O)CCSc1cnc(CC(=O)N2C[C@]3(CCN(C(=O)OC)C3)c3cc(Cl)ccc32)s1. The van der Waals surface area contributed by atoms with Gasteiger partial charge in [0.05, 0.1) is 37.0 Å². The molecule has 0 saturated carbocycles. The Morgan fingerprint density at radius 2 is 2.12 bits per heavy atom.